The van der Waals surface area contributed by atoms with Gasteiger partial charge in [-0.3, -0.25) is 9.59 Å². The van der Waals surface area contributed by atoms with Crippen LogP contribution in [0.15, 0.2) is 29.2 Å². The SMILES string of the molecule is CN(C(=O)c1ccccc1SCC(=O)NCC1CCCCC1)C1CCNC1.Cl. The maximum atomic E-state index is 12.9. The first-order valence-corrected chi connectivity index (χ1v) is 11.1. The first-order chi connectivity index (χ1) is 13.1. The molecule has 156 valence electrons. The monoisotopic (exact) mass is 425 g/mol. The van der Waals surface area contributed by atoms with E-state index in [0.29, 0.717) is 17.2 Å². The average Bonchev–Trinajstić information content (AvgIpc) is 3.25. The third-order valence-electron chi connectivity index (χ3n) is 5.69. The lowest BCUT2D eigenvalue weighted by Crippen LogP contribution is -2.38. The van der Waals surface area contributed by atoms with Crippen LogP contribution in [0.4, 0.5) is 0 Å². The predicted molar refractivity (Wildman–Crippen MR) is 117 cm³/mol. The Bertz CT molecular complexity index is 646. The number of amides is 2. The number of likely N-dealkylation sites (N-methyl/N-ethyl adjacent to an activating group) is 1. The van der Waals surface area contributed by atoms with Crippen LogP contribution >= 0.6 is 24.2 Å². The number of halogens is 1. The summed E-state index contributed by atoms with van der Waals surface area (Å²) < 4.78 is 0. The number of thioether (sulfide) groups is 1. The van der Waals surface area contributed by atoms with Gasteiger partial charge in [-0.05, 0) is 43.9 Å². The first kappa shape index (κ1) is 23.0. The van der Waals surface area contributed by atoms with Gasteiger partial charge in [0.05, 0.1) is 11.3 Å². The fourth-order valence-electron chi connectivity index (χ4n) is 3.94. The topological polar surface area (TPSA) is 61.4 Å². The molecule has 5 nitrogen and oxygen atoms in total. The maximum Gasteiger partial charge on any atom is 0.255 e. The fourth-order valence-corrected chi connectivity index (χ4v) is 4.81. The number of nitrogens with zero attached hydrogens (tertiary/aromatic N) is 1. The number of nitrogens with one attached hydrogen (secondary N) is 2. The highest BCUT2D eigenvalue weighted by molar-refractivity contribution is 8.00. The van der Waals surface area contributed by atoms with Crippen molar-refractivity contribution >= 4 is 36.0 Å². The molecule has 0 radical (unpaired) electrons. The number of hydrogen-bond acceptors (Lipinski definition) is 4. The second-order valence-corrected chi connectivity index (χ2v) is 8.67. The molecule has 1 saturated heterocycles. The Balaban J connectivity index is 0.00000280. The molecule has 28 heavy (non-hydrogen) atoms. The van der Waals surface area contributed by atoms with Crippen LogP contribution in [-0.2, 0) is 4.79 Å². The Morgan fingerprint density at radius 1 is 1.18 bits per heavy atom. The zero-order valence-corrected chi connectivity index (χ0v) is 18.2. The smallest absolute Gasteiger partial charge is 0.255 e. The molecule has 1 aliphatic carbocycles. The predicted octanol–water partition coefficient (Wildman–Crippen LogP) is 3.33. The quantitative estimate of drug-likeness (QED) is 0.658. The van der Waals surface area contributed by atoms with Gasteiger partial charge in [-0.15, -0.1) is 24.2 Å². The first-order valence-electron chi connectivity index (χ1n) is 10.1. The molecule has 1 saturated carbocycles. The van der Waals surface area contributed by atoms with Gasteiger partial charge in [-0.2, -0.15) is 0 Å². The average molecular weight is 426 g/mol. The third kappa shape index (κ3) is 6.39. The van der Waals surface area contributed by atoms with Crippen molar-refractivity contribution in [3.05, 3.63) is 29.8 Å². The molecule has 1 atom stereocenters. The van der Waals surface area contributed by atoms with E-state index in [0.717, 1.165) is 31.0 Å². The van der Waals surface area contributed by atoms with Crippen molar-refractivity contribution in [1.29, 1.82) is 0 Å². The summed E-state index contributed by atoms with van der Waals surface area (Å²) in [5, 5.41) is 6.38. The number of rotatable bonds is 7. The van der Waals surface area contributed by atoms with Gasteiger partial charge in [0.1, 0.15) is 0 Å². The molecule has 1 aromatic rings. The van der Waals surface area contributed by atoms with Crippen LogP contribution in [0.3, 0.4) is 0 Å². The molecule has 0 aromatic heterocycles. The molecule has 0 spiro atoms. The fraction of sp³-hybridized carbons (Fsp3) is 0.619. The summed E-state index contributed by atoms with van der Waals surface area (Å²) in [7, 11) is 1.87. The highest BCUT2D eigenvalue weighted by Crippen LogP contribution is 2.25. The van der Waals surface area contributed by atoms with Crippen molar-refractivity contribution in [2.75, 3.05) is 32.4 Å². The highest BCUT2D eigenvalue weighted by atomic mass is 35.5. The van der Waals surface area contributed by atoms with Crippen molar-refractivity contribution in [2.45, 2.75) is 49.5 Å². The number of hydrogen-bond donors (Lipinski definition) is 2. The number of carbonyl (C=O) groups is 2. The molecule has 1 aliphatic heterocycles. The van der Waals surface area contributed by atoms with Crippen LogP contribution in [0, 0.1) is 5.92 Å². The summed E-state index contributed by atoms with van der Waals surface area (Å²) in [4.78, 5) is 27.9. The molecular weight excluding hydrogens is 394 g/mol. The van der Waals surface area contributed by atoms with Crippen LogP contribution in [0.5, 0.6) is 0 Å². The molecule has 2 aliphatic rings. The normalized spacial score (nSPS) is 19.7. The van der Waals surface area contributed by atoms with E-state index in [1.165, 1.54) is 43.9 Å². The molecule has 7 heteroatoms. The van der Waals surface area contributed by atoms with E-state index in [1.54, 1.807) is 0 Å². The lowest BCUT2D eigenvalue weighted by Gasteiger charge is -2.24. The maximum absolute atomic E-state index is 12.9. The van der Waals surface area contributed by atoms with E-state index in [2.05, 4.69) is 10.6 Å². The van der Waals surface area contributed by atoms with Crippen LogP contribution in [0.1, 0.15) is 48.9 Å². The van der Waals surface area contributed by atoms with E-state index >= 15 is 0 Å². The van der Waals surface area contributed by atoms with Crippen LogP contribution in [-0.4, -0.2) is 55.2 Å². The lowest BCUT2D eigenvalue weighted by atomic mass is 9.89. The molecule has 1 unspecified atom stereocenters. The minimum atomic E-state index is 0. The van der Waals surface area contributed by atoms with Crippen molar-refractivity contribution in [2.24, 2.45) is 5.92 Å². The van der Waals surface area contributed by atoms with Crippen molar-refractivity contribution in [1.82, 2.24) is 15.5 Å². The van der Waals surface area contributed by atoms with E-state index < -0.39 is 0 Å². The molecule has 2 amide bonds. The van der Waals surface area contributed by atoms with Gasteiger partial charge in [0.15, 0.2) is 0 Å². The molecular formula is C21H32ClN3O2S. The lowest BCUT2D eigenvalue weighted by molar-refractivity contribution is -0.118. The zero-order chi connectivity index (χ0) is 19.1. The van der Waals surface area contributed by atoms with E-state index in [9.17, 15) is 9.59 Å². The summed E-state index contributed by atoms with van der Waals surface area (Å²) in [6.45, 7) is 2.60. The summed E-state index contributed by atoms with van der Waals surface area (Å²) in [5.74, 6) is 1.08. The largest absolute Gasteiger partial charge is 0.355 e. The Labute approximate surface area is 178 Å². The summed E-state index contributed by atoms with van der Waals surface area (Å²) in [5.41, 5.74) is 0.692. The van der Waals surface area contributed by atoms with Gasteiger partial charge in [0, 0.05) is 31.1 Å². The molecule has 3 rings (SSSR count). The molecule has 2 N–H and O–H groups in total. The standard InChI is InChI=1S/C21H31N3O2S.ClH/c1-24(17-11-12-22-14-17)21(26)18-9-5-6-10-19(18)27-15-20(25)23-13-16-7-3-2-4-8-16;/h5-6,9-10,16-17,22H,2-4,7-8,11-15H2,1H3,(H,23,25);1H. The zero-order valence-electron chi connectivity index (χ0n) is 16.6. The summed E-state index contributed by atoms with van der Waals surface area (Å²) in [6, 6.07) is 7.86. The Morgan fingerprint density at radius 2 is 1.93 bits per heavy atom. The van der Waals surface area contributed by atoms with Gasteiger partial charge in [-0.25, -0.2) is 0 Å². The highest BCUT2D eigenvalue weighted by Gasteiger charge is 2.25. The Hall–Kier alpha value is -1.24. The minimum Gasteiger partial charge on any atom is -0.355 e. The van der Waals surface area contributed by atoms with Crippen molar-refractivity contribution < 1.29 is 9.59 Å². The summed E-state index contributed by atoms with van der Waals surface area (Å²) in [6.07, 6.45) is 7.35. The molecule has 1 aromatic carbocycles. The molecule has 1 heterocycles. The van der Waals surface area contributed by atoms with Gasteiger partial charge < -0.3 is 15.5 Å². The van der Waals surface area contributed by atoms with Crippen LogP contribution in [0.25, 0.3) is 0 Å². The third-order valence-corrected chi connectivity index (χ3v) is 6.76. The molecule has 0 bridgehead atoms. The second-order valence-electron chi connectivity index (χ2n) is 7.66. The van der Waals surface area contributed by atoms with Gasteiger partial charge in [0.2, 0.25) is 5.91 Å². The summed E-state index contributed by atoms with van der Waals surface area (Å²) >= 11 is 1.45. The van der Waals surface area contributed by atoms with Crippen molar-refractivity contribution in [3.63, 3.8) is 0 Å². The van der Waals surface area contributed by atoms with E-state index in [1.807, 2.05) is 36.2 Å². The van der Waals surface area contributed by atoms with E-state index in [4.69, 9.17) is 0 Å². The van der Waals surface area contributed by atoms with Crippen LogP contribution in [0.2, 0.25) is 0 Å². The van der Waals surface area contributed by atoms with Gasteiger partial charge in [-0.1, -0.05) is 31.4 Å². The van der Waals surface area contributed by atoms with E-state index in [-0.39, 0.29) is 30.3 Å². The minimum absolute atomic E-state index is 0. The Morgan fingerprint density at radius 3 is 2.64 bits per heavy atom. The molecule has 2 fully saturated rings. The van der Waals surface area contributed by atoms with Crippen LogP contribution < -0.4 is 10.6 Å². The van der Waals surface area contributed by atoms with Crippen molar-refractivity contribution in [3.8, 4) is 0 Å². The number of carbonyl (C=O) groups excluding carboxylic acids is 2. The Kier molecular flexibility index (Phi) is 9.62. The second kappa shape index (κ2) is 11.7. The van der Waals surface area contributed by atoms with Gasteiger partial charge in [0.25, 0.3) is 5.91 Å². The number of benzene rings is 1. The van der Waals surface area contributed by atoms with Gasteiger partial charge >= 0.3 is 0 Å².